The van der Waals surface area contributed by atoms with E-state index in [-0.39, 0.29) is 16.4 Å². The van der Waals surface area contributed by atoms with E-state index in [1.54, 1.807) is 11.0 Å². The summed E-state index contributed by atoms with van der Waals surface area (Å²) in [6.45, 7) is 13.0. The van der Waals surface area contributed by atoms with E-state index in [1.807, 2.05) is 20.8 Å². The van der Waals surface area contributed by atoms with E-state index in [4.69, 9.17) is 4.74 Å². The Labute approximate surface area is 207 Å². The molecule has 0 saturated carbocycles. The molecule has 2 aromatic rings. The number of hydrogen-bond donors (Lipinski definition) is 0. The summed E-state index contributed by atoms with van der Waals surface area (Å²) >= 11 is 1.10. The lowest BCUT2D eigenvalue weighted by atomic mass is 9.76. The van der Waals surface area contributed by atoms with E-state index in [1.165, 1.54) is 6.33 Å². The summed E-state index contributed by atoms with van der Waals surface area (Å²) in [7, 11) is 0. The first-order valence-corrected chi connectivity index (χ1v) is 12.9. The third-order valence-electron chi connectivity index (χ3n) is 7.37. The van der Waals surface area contributed by atoms with Crippen molar-refractivity contribution in [2.75, 3.05) is 44.2 Å². The van der Waals surface area contributed by atoms with Crippen molar-refractivity contribution < 1.29 is 22.7 Å². The van der Waals surface area contributed by atoms with E-state index < -0.39 is 18.2 Å². The molecule has 3 aliphatic rings. The lowest BCUT2D eigenvalue weighted by Crippen LogP contribution is -2.66. The van der Waals surface area contributed by atoms with Crippen molar-refractivity contribution in [3.8, 4) is 0 Å². The average Bonchev–Trinajstić information content (AvgIpc) is 3.26. The molecule has 0 radical (unpaired) electrons. The molecule has 7 nitrogen and oxygen atoms in total. The van der Waals surface area contributed by atoms with Crippen molar-refractivity contribution in [2.24, 2.45) is 11.3 Å². The molecule has 35 heavy (non-hydrogen) atoms. The van der Waals surface area contributed by atoms with Crippen LogP contribution in [0.4, 0.5) is 23.8 Å². The van der Waals surface area contributed by atoms with Crippen LogP contribution < -0.4 is 4.90 Å². The summed E-state index contributed by atoms with van der Waals surface area (Å²) in [5, 5.41) is 0.718. The van der Waals surface area contributed by atoms with Crippen molar-refractivity contribution in [3.63, 3.8) is 0 Å². The van der Waals surface area contributed by atoms with Gasteiger partial charge in [0.1, 0.15) is 22.6 Å². The maximum Gasteiger partial charge on any atom is 0.410 e. The molecule has 0 unspecified atom stereocenters. The molecule has 1 spiro atoms. The highest BCUT2D eigenvalue weighted by Gasteiger charge is 2.51. The monoisotopic (exact) mass is 511 g/mol. The van der Waals surface area contributed by atoms with Crippen molar-refractivity contribution >= 4 is 33.5 Å². The zero-order valence-electron chi connectivity index (χ0n) is 20.6. The predicted octanol–water partition coefficient (Wildman–Crippen LogP) is 4.56. The van der Waals surface area contributed by atoms with Crippen molar-refractivity contribution in [1.82, 2.24) is 19.8 Å². The Hall–Kier alpha value is -2.14. The highest BCUT2D eigenvalue weighted by molar-refractivity contribution is 7.18. The molecule has 2 aromatic heterocycles. The third kappa shape index (κ3) is 5.07. The quantitative estimate of drug-likeness (QED) is 0.600. The standard InChI is InChI=1S/C24H32F3N5O2S/c1-15(16-9-31(10-16)21(33)34-22(2,3)4)32-12-23(13-32)5-6-30(11-23)19-18-7-17(8-24(25,26)27)35-20(18)29-14-28-19/h7,14-16H,5-6,8-13H2,1-4H3/t15-/m1/s1. The van der Waals surface area contributed by atoms with Gasteiger partial charge in [0.15, 0.2) is 0 Å². The molecule has 192 valence electrons. The highest BCUT2D eigenvalue weighted by atomic mass is 32.1. The van der Waals surface area contributed by atoms with E-state index in [0.717, 1.165) is 68.2 Å². The van der Waals surface area contributed by atoms with Gasteiger partial charge in [-0.05, 0) is 40.2 Å². The van der Waals surface area contributed by atoms with Gasteiger partial charge >= 0.3 is 12.3 Å². The van der Waals surface area contributed by atoms with Crippen LogP contribution >= 0.6 is 11.3 Å². The van der Waals surface area contributed by atoms with Gasteiger partial charge in [0, 0.05) is 61.5 Å². The van der Waals surface area contributed by atoms with E-state index >= 15 is 0 Å². The molecule has 0 bridgehead atoms. The first-order valence-electron chi connectivity index (χ1n) is 12.1. The Morgan fingerprint density at radius 2 is 1.94 bits per heavy atom. The molecule has 3 saturated heterocycles. The SMILES string of the molecule is C[C@H](C1CN(C(=O)OC(C)(C)C)C1)N1CC2(CCN(c3ncnc4sc(CC(F)(F)F)cc34)C2)C1. The second-order valence-electron chi connectivity index (χ2n) is 11.4. The number of hydrogen-bond acceptors (Lipinski definition) is 7. The molecular formula is C24H32F3N5O2S. The second-order valence-corrected chi connectivity index (χ2v) is 12.5. The number of fused-ring (bicyclic) bond motifs is 1. The van der Waals surface area contributed by atoms with Crippen LogP contribution in [0.2, 0.25) is 0 Å². The van der Waals surface area contributed by atoms with Gasteiger partial charge < -0.3 is 14.5 Å². The Morgan fingerprint density at radius 1 is 1.23 bits per heavy atom. The summed E-state index contributed by atoms with van der Waals surface area (Å²) in [6.07, 6.45) is -2.91. The number of amides is 1. The minimum atomic E-state index is -4.23. The summed E-state index contributed by atoms with van der Waals surface area (Å²) in [4.78, 5) is 28.2. The number of alkyl halides is 3. The number of nitrogens with zero attached hydrogens (tertiary/aromatic N) is 5. The van der Waals surface area contributed by atoms with E-state index in [2.05, 4.69) is 26.7 Å². The maximum atomic E-state index is 12.9. The van der Waals surface area contributed by atoms with Gasteiger partial charge in [-0.2, -0.15) is 13.2 Å². The smallest absolute Gasteiger partial charge is 0.410 e. The number of halogens is 3. The minimum Gasteiger partial charge on any atom is -0.444 e. The molecular weight excluding hydrogens is 479 g/mol. The Morgan fingerprint density at radius 3 is 2.60 bits per heavy atom. The molecule has 11 heteroatoms. The Balaban J connectivity index is 1.17. The van der Waals surface area contributed by atoms with Crippen LogP contribution in [-0.4, -0.2) is 82.9 Å². The van der Waals surface area contributed by atoms with Crippen LogP contribution in [0.5, 0.6) is 0 Å². The summed E-state index contributed by atoms with van der Waals surface area (Å²) in [6, 6.07) is 2.00. The molecule has 3 aliphatic heterocycles. The van der Waals surface area contributed by atoms with Gasteiger partial charge in [0.05, 0.1) is 11.8 Å². The number of likely N-dealkylation sites (tertiary alicyclic amines) is 2. The molecule has 0 aromatic carbocycles. The highest BCUT2D eigenvalue weighted by Crippen LogP contribution is 2.44. The van der Waals surface area contributed by atoms with Crippen molar-refractivity contribution in [1.29, 1.82) is 0 Å². The predicted molar refractivity (Wildman–Crippen MR) is 129 cm³/mol. The largest absolute Gasteiger partial charge is 0.444 e. The molecule has 1 atom stereocenters. The lowest BCUT2D eigenvalue weighted by Gasteiger charge is -2.55. The van der Waals surface area contributed by atoms with Crippen LogP contribution in [0.1, 0.15) is 39.0 Å². The fourth-order valence-electron chi connectivity index (χ4n) is 5.50. The number of carbonyl (C=O) groups is 1. The number of thiophene rings is 1. The molecule has 1 amide bonds. The third-order valence-corrected chi connectivity index (χ3v) is 8.41. The fourth-order valence-corrected chi connectivity index (χ4v) is 6.52. The van der Waals surface area contributed by atoms with Crippen LogP contribution in [0.25, 0.3) is 10.2 Å². The van der Waals surface area contributed by atoms with Gasteiger partial charge in [0.25, 0.3) is 0 Å². The van der Waals surface area contributed by atoms with Crippen molar-refractivity contribution in [3.05, 3.63) is 17.3 Å². The normalized spacial score (nSPS) is 21.9. The number of ether oxygens (including phenoxy) is 1. The number of rotatable bonds is 4. The van der Waals surface area contributed by atoms with Gasteiger partial charge in [-0.1, -0.05) is 0 Å². The first-order chi connectivity index (χ1) is 16.3. The second kappa shape index (κ2) is 8.47. The van der Waals surface area contributed by atoms with Crippen molar-refractivity contribution in [2.45, 2.75) is 58.4 Å². The van der Waals surface area contributed by atoms with Crippen LogP contribution in [0, 0.1) is 11.3 Å². The topological polar surface area (TPSA) is 61.8 Å². The number of anilines is 1. The Kier molecular flexibility index (Phi) is 5.94. The molecule has 0 N–H and O–H groups in total. The Bertz CT molecular complexity index is 1100. The number of carbonyl (C=O) groups excluding carboxylic acids is 1. The van der Waals surface area contributed by atoms with Gasteiger partial charge in [-0.25, -0.2) is 14.8 Å². The first kappa shape index (κ1) is 24.5. The van der Waals surface area contributed by atoms with Gasteiger partial charge in [-0.3, -0.25) is 4.90 Å². The molecule has 5 heterocycles. The zero-order chi connectivity index (χ0) is 25.2. The van der Waals surface area contributed by atoms with Gasteiger partial charge in [0.2, 0.25) is 0 Å². The van der Waals surface area contributed by atoms with E-state index in [9.17, 15) is 18.0 Å². The van der Waals surface area contributed by atoms with E-state index in [0.29, 0.717) is 16.8 Å². The summed E-state index contributed by atoms with van der Waals surface area (Å²) in [5.41, 5.74) is -0.297. The van der Waals surface area contributed by atoms with Gasteiger partial charge in [-0.15, -0.1) is 11.3 Å². The molecule has 0 aliphatic carbocycles. The molecule has 5 rings (SSSR count). The summed E-state index contributed by atoms with van der Waals surface area (Å²) < 4.78 is 44.1. The molecule has 3 fully saturated rings. The summed E-state index contributed by atoms with van der Waals surface area (Å²) in [5.74, 6) is 1.19. The number of aromatic nitrogens is 2. The minimum absolute atomic E-state index is 0.185. The fraction of sp³-hybridized carbons (Fsp3) is 0.708. The maximum absolute atomic E-state index is 12.9. The van der Waals surface area contributed by atoms with Crippen LogP contribution in [-0.2, 0) is 11.2 Å². The lowest BCUT2D eigenvalue weighted by molar-refractivity contribution is -0.126. The zero-order valence-corrected chi connectivity index (χ0v) is 21.4. The van der Waals surface area contributed by atoms with Crippen LogP contribution in [0.15, 0.2) is 12.4 Å². The average molecular weight is 512 g/mol. The van der Waals surface area contributed by atoms with Crippen LogP contribution in [0.3, 0.4) is 0 Å².